The highest BCUT2D eigenvalue weighted by molar-refractivity contribution is 9.11. The summed E-state index contributed by atoms with van der Waals surface area (Å²) in [6.45, 7) is 0. The molecule has 1 nitrogen and oxygen atoms in total. The van der Waals surface area contributed by atoms with Gasteiger partial charge in [0.2, 0.25) is 0 Å². The molecule has 1 heterocycles. The largest absolute Gasteiger partial charge is 0.256 e. The van der Waals surface area contributed by atoms with Gasteiger partial charge in [-0.15, -0.1) is 0 Å². The Hall–Kier alpha value is -1.45. The maximum atomic E-state index is 4.48. The van der Waals surface area contributed by atoms with Gasteiger partial charge < -0.3 is 0 Å². The minimum absolute atomic E-state index is 0.966. The van der Waals surface area contributed by atoms with E-state index in [9.17, 15) is 0 Å². The lowest BCUT2D eigenvalue weighted by atomic mass is 10.0. The Bertz CT molecular complexity index is 719. The fraction of sp³-hybridized carbons (Fsp3) is 0. The molecule has 98 valence electrons. The second-order valence-electron chi connectivity index (χ2n) is 4.45. The smallest absolute Gasteiger partial charge is 0.0708 e. The predicted octanol–water partition coefficient (Wildman–Crippen LogP) is 5.94. The van der Waals surface area contributed by atoms with E-state index in [0.717, 1.165) is 20.2 Å². The van der Waals surface area contributed by atoms with E-state index in [1.165, 1.54) is 11.1 Å². The minimum atomic E-state index is 0.966. The van der Waals surface area contributed by atoms with Crippen LogP contribution in [0.1, 0.15) is 0 Å². The van der Waals surface area contributed by atoms with E-state index in [2.05, 4.69) is 67.2 Å². The summed E-state index contributed by atoms with van der Waals surface area (Å²) in [4.78, 5) is 4.48. The third kappa shape index (κ3) is 3.00. The van der Waals surface area contributed by atoms with Crippen molar-refractivity contribution in [3.8, 4) is 22.4 Å². The molecule has 0 spiro atoms. The Morgan fingerprint density at radius 3 is 2.05 bits per heavy atom. The fourth-order valence-corrected chi connectivity index (χ4v) is 3.39. The van der Waals surface area contributed by atoms with Crippen LogP contribution in [0.4, 0.5) is 0 Å². The van der Waals surface area contributed by atoms with Gasteiger partial charge in [0, 0.05) is 20.7 Å². The first-order chi connectivity index (χ1) is 9.72. The Morgan fingerprint density at radius 2 is 1.35 bits per heavy atom. The van der Waals surface area contributed by atoms with Crippen LogP contribution >= 0.6 is 31.9 Å². The standard InChI is InChI=1S/C17H11Br2N/c18-15-8-14(9-16(19)11-15)17-10-13(6-7-20-17)12-4-2-1-3-5-12/h1-11H. The number of hydrogen-bond donors (Lipinski definition) is 0. The zero-order chi connectivity index (χ0) is 13.9. The van der Waals surface area contributed by atoms with Gasteiger partial charge in [-0.05, 0) is 41.5 Å². The lowest BCUT2D eigenvalue weighted by molar-refractivity contribution is 1.32. The summed E-state index contributed by atoms with van der Waals surface area (Å²) in [5, 5.41) is 0. The van der Waals surface area contributed by atoms with Crippen LogP contribution in [-0.4, -0.2) is 4.98 Å². The number of rotatable bonds is 2. The van der Waals surface area contributed by atoms with E-state index >= 15 is 0 Å². The Kier molecular flexibility index (Phi) is 3.99. The first-order valence-electron chi connectivity index (χ1n) is 6.20. The van der Waals surface area contributed by atoms with Crippen LogP contribution in [0.25, 0.3) is 22.4 Å². The van der Waals surface area contributed by atoms with Crippen LogP contribution in [0.15, 0.2) is 75.8 Å². The van der Waals surface area contributed by atoms with Gasteiger partial charge in [-0.2, -0.15) is 0 Å². The van der Waals surface area contributed by atoms with Crippen molar-refractivity contribution in [2.75, 3.05) is 0 Å². The molecule has 3 aromatic rings. The highest BCUT2D eigenvalue weighted by atomic mass is 79.9. The van der Waals surface area contributed by atoms with Gasteiger partial charge in [-0.1, -0.05) is 62.2 Å². The van der Waals surface area contributed by atoms with E-state index in [1.54, 1.807) is 0 Å². The van der Waals surface area contributed by atoms with E-state index in [1.807, 2.05) is 36.5 Å². The molecular weight excluding hydrogens is 378 g/mol. The molecule has 20 heavy (non-hydrogen) atoms. The van der Waals surface area contributed by atoms with Gasteiger partial charge >= 0.3 is 0 Å². The van der Waals surface area contributed by atoms with E-state index < -0.39 is 0 Å². The molecule has 0 aliphatic heterocycles. The summed E-state index contributed by atoms with van der Waals surface area (Å²) in [7, 11) is 0. The Labute approximate surface area is 135 Å². The van der Waals surface area contributed by atoms with E-state index in [4.69, 9.17) is 0 Å². The molecule has 0 atom stereocenters. The van der Waals surface area contributed by atoms with Crippen molar-refractivity contribution in [1.29, 1.82) is 0 Å². The highest BCUT2D eigenvalue weighted by Crippen LogP contribution is 2.29. The lowest BCUT2D eigenvalue weighted by Crippen LogP contribution is -1.86. The molecule has 3 heteroatoms. The van der Waals surface area contributed by atoms with Crippen LogP contribution < -0.4 is 0 Å². The quantitative estimate of drug-likeness (QED) is 0.529. The van der Waals surface area contributed by atoms with Crippen LogP contribution in [0.2, 0.25) is 0 Å². The summed E-state index contributed by atoms with van der Waals surface area (Å²) in [5.74, 6) is 0. The summed E-state index contributed by atoms with van der Waals surface area (Å²) in [5.41, 5.74) is 4.43. The molecular formula is C17H11Br2N. The number of hydrogen-bond acceptors (Lipinski definition) is 1. The van der Waals surface area contributed by atoms with E-state index in [-0.39, 0.29) is 0 Å². The molecule has 0 amide bonds. The molecule has 0 aliphatic carbocycles. The zero-order valence-electron chi connectivity index (χ0n) is 10.6. The van der Waals surface area contributed by atoms with Gasteiger partial charge in [-0.3, -0.25) is 4.98 Å². The maximum Gasteiger partial charge on any atom is 0.0708 e. The number of aromatic nitrogens is 1. The van der Waals surface area contributed by atoms with Gasteiger partial charge in [0.15, 0.2) is 0 Å². The molecule has 0 aliphatic rings. The fourth-order valence-electron chi connectivity index (χ4n) is 2.10. The van der Waals surface area contributed by atoms with Crippen molar-refractivity contribution >= 4 is 31.9 Å². The molecule has 0 radical (unpaired) electrons. The van der Waals surface area contributed by atoms with Crippen molar-refractivity contribution in [2.24, 2.45) is 0 Å². The van der Waals surface area contributed by atoms with Gasteiger partial charge in [0.05, 0.1) is 5.69 Å². The molecule has 0 saturated carbocycles. The summed E-state index contributed by atoms with van der Waals surface area (Å²) in [6, 6.07) is 20.6. The third-order valence-electron chi connectivity index (χ3n) is 3.03. The third-order valence-corrected chi connectivity index (χ3v) is 3.94. The van der Waals surface area contributed by atoms with Gasteiger partial charge in [0.25, 0.3) is 0 Å². The SMILES string of the molecule is Brc1cc(Br)cc(-c2cc(-c3ccccc3)ccn2)c1. The maximum absolute atomic E-state index is 4.48. The Balaban J connectivity index is 2.07. The van der Waals surface area contributed by atoms with Crippen molar-refractivity contribution in [1.82, 2.24) is 4.98 Å². The van der Waals surface area contributed by atoms with E-state index in [0.29, 0.717) is 0 Å². The van der Waals surface area contributed by atoms with Crippen LogP contribution in [0.3, 0.4) is 0 Å². The number of nitrogens with zero attached hydrogens (tertiary/aromatic N) is 1. The second-order valence-corrected chi connectivity index (χ2v) is 6.29. The minimum Gasteiger partial charge on any atom is -0.256 e. The molecule has 1 aromatic heterocycles. The average molecular weight is 389 g/mol. The predicted molar refractivity (Wildman–Crippen MR) is 90.5 cm³/mol. The Morgan fingerprint density at radius 1 is 0.650 bits per heavy atom. The molecule has 0 fully saturated rings. The molecule has 0 unspecified atom stereocenters. The number of benzene rings is 2. The average Bonchev–Trinajstić information content (AvgIpc) is 2.47. The molecule has 3 rings (SSSR count). The summed E-state index contributed by atoms with van der Waals surface area (Å²) < 4.78 is 2.07. The van der Waals surface area contributed by atoms with Crippen molar-refractivity contribution in [2.45, 2.75) is 0 Å². The molecule has 2 aromatic carbocycles. The highest BCUT2D eigenvalue weighted by Gasteiger charge is 2.04. The first-order valence-corrected chi connectivity index (χ1v) is 7.79. The summed E-state index contributed by atoms with van der Waals surface area (Å²) in [6.07, 6.45) is 1.85. The van der Waals surface area contributed by atoms with Crippen molar-refractivity contribution in [3.63, 3.8) is 0 Å². The monoisotopic (exact) mass is 387 g/mol. The first kappa shape index (κ1) is 13.5. The van der Waals surface area contributed by atoms with Gasteiger partial charge in [0.1, 0.15) is 0 Å². The zero-order valence-corrected chi connectivity index (χ0v) is 13.7. The second kappa shape index (κ2) is 5.90. The lowest BCUT2D eigenvalue weighted by Gasteiger charge is -2.06. The molecule has 0 N–H and O–H groups in total. The molecule has 0 bridgehead atoms. The number of pyridine rings is 1. The van der Waals surface area contributed by atoms with Crippen LogP contribution in [0.5, 0.6) is 0 Å². The van der Waals surface area contributed by atoms with Crippen LogP contribution in [-0.2, 0) is 0 Å². The number of halogens is 2. The summed E-state index contributed by atoms with van der Waals surface area (Å²) >= 11 is 7.03. The topological polar surface area (TPSA) is 12.9 Å². The van der Waals surface area contributed by atoms with Crippen molar-refractivity contribution < 1.29 is 0 Å². The van der Waals surface area contributed by atoms with Crippen molar-refractivity contribution in [3.05, 3.63) is 75.8 Å². The molecule has 0 saturated heterocycles. The van der Waals surface area contributed by atoms with Crippen LogP contribution in [0, 0.1) is 0 Å². The normalized spacial score (nSPS) is 10.5. The van der Waals surface area contributed by atoms with Gasteiger partial charge in [-0.25, -0.2) is 0 Å².